The maximum Gasteiger partial charge on any atom is 0.292 e. The average Bonchev–Trinajstić information content (AvgIpc) is 2.43. The molecule has 0 aliphatic heterocycles. The van der Waals surface area contributed by atoms with Crippen LogP contribution in [0.2, 0.25) is 0 Å². The lowest BCUT2D eigenvalue weighted by Crippen LogP contribution is -2.34. The smallest absolute Gasteiger partial charge is 0.292 e. The fraction of sp³-hybridized carbons (Fsp3) is 0.467. The van der Waals surface area contributed by atoms with Crippen molar-refractivity contribution < 1.29 is 10.0 Å². The van der Waals surface area contributed by atoms with Crippen LogP contribution in [0, 0.1) is 17.0 Å². The number of benzene rings is 1. The Morgan fingerprint density at radius 1 is 1.57 bits per heavy atom. The molecule has 0 amide bonds. The Balaban J connectivity index is 2.47. The van der Waals surface area contributed by atoms with E-state index in [9.17, 15) is 15.2 Å². The van der Waals surface area contributed by atoms with Crippen LogP contribution in [0.3, 0.4) is 0 Å². The molecule has 2 unspecified atom stereocenters. The molecular weight excluding hydrogens is 270 g/mol. The standard InChI is InChI=1S/C15H23N3O3/c1-3-5-15(19)12(16)6-4-9-17-13-10-11(2)7-8-14(13)18(20)21/h3,7-8,10,12,15,17,19H,1,4-6,9,16H2,2H3. The van der Waals surface area contributed by atoms with Crippen molar-refractivity contribution in [3.05, 3.63) is 46.5 Å². The second-order valence-electron chi connectivity index (χ2n) is 5.10. The summed E-state index contributed by atoms with van der Waals surface area (Å²) in [6, 6.07) is 4.66. The predicted octanol–water partition coefficient (Wildman–Crippen LogP) is 2.36. The number of nitrogens with two attached hydrogens (primary N) is 1. The molecule has 21 heavy (non-hydrogen) atoms. The minimum atomic E-state index is -0.587. The van der Waals surface area contributed by atoms with Crippen molar-refractivity contribution in [2.24, 2.45) is 5.73 Å². The zero-order chi connectivity index (χ0) is 15.8. The molecule has 116 valence electrons. The van der Waals surface area contributed by atoms with Gasteiger partial charge in [0.15, 0.2) is 0 Å². The molecule has 0 aromatic heterocycles. The number of aryl methyl sites for hydroxylation is 1. The third kappa shape index (κ3) is 5.53. The van der Waals surface area contributed by atoms with Gasteiger partial charge in [0, 0.05) is 18.7 Å². The van der Waals surface area contributed by atoms with Gasteiger partial charge in [0.1, 0.15) is 5.69 Å². The molecule has 6 nitrogen and oxygen atoms in total. The van der Waals surface area contributed by atoms with Crippen molar-refractivity contribution in [2.45, 2.75) is 38.3 Å². The molecule has 0 fully saturated rings. The van der Waals surface area contributed by atoms with E-state index in [0.717, 1.165) is 12.0 Å². The number of aliphatic hydroxyl groups excluding tert-OH is 1. The molecule has 0 heterocycles. The lowest BCUT2D eigenvalue weighted by atomic mass is 10.0. The molecule has 0 saturated heterocycles. The first-order valence-electron chi connectivity index (χ1n) is 6.99. The molecule has 0 spiro atoms. The van der Waals surface area contributed by atoms with Crippen LogP contribution in [0.25, 0.3) is 0 Å². The minimum Gasteiger partial charge on any atom is -0.391 e. The predicted molar refractivity (Wildman–Crippen MR) is 84.4 cm³/mol. The van der Waals surface area contributed by atoms with E-state index >= 15 is 0 Å². The number of anilines is 1. The maximum absolute atomic E-state index is 10.9. The zero-order valence-corrected chi connectivity index (χ0v) is 12.3. The molecule has 0 aliphatic carbocycles. The van der Waals surface area contributed by atoms with Crippen LogP contribution in [0.5, 0.6) is 0 Å². The number of hydrogen-bond acceptors (Lipinski definition) is 5. The van der Waals surface area contributed by atoms with Crippen molar-refractivity contribution in [3.63, 3.8) is 0 Å². The van der Waals surface area contributed by atoms with Gasteiger partial charge in [0.25, 0.3) is 5.69 Å². The van der Waals surface area contributed by atoms with Crippen molar-refractivity contribution in [1.29, 1.82) is 0 Å². The molecule has 4 N–H and O–H groups in total. The maximum atomic E-state index is 10.9. The SMILES string of the molecule is C=CCC(O)C(N)CCCNc1cc(C)ccc1[N+](=O)[O-]. The summed E-state index contributed by atoms with van der Waals surface area (Å²) in [6.45, 7) is 6.02. The highest BCUT2D eigenvalue weighted by molar-refractivity contribution is 5.62. The Morgan fingerprint density at radius 3 is 2.90 bits per heavy atom. The lowest BCUT2D eigenvalue weighted by Gasteiger charge is -2.17. The van der Waals surface area contributed by atoms with Gasteiger partial charge in [0.05, 0.1) is 11.0 Å². The van der Waals surface area contributed by atoms with Crippen molar-refractivity contribution in [2.75, 3.05) is 11.9 Å². The molecule has 0 aliphatic rings. The van der Waals surface area contributed by atoms with Gasteiger partial charge in [-0.2, -0.15) is 0 Å². The summed E-state index contributed by atoms with van der Waals surface area (Å²) in [5.41, 5.74) is 7.39. The molecule has 0 bridgehead atoms. The Bertz CT molecular complexity index is 491. The lowest BCUT2D eigenvalue weighted by molar-refractivity contribution is -0.384. The van der Waals surface area contributed by atoms with Crippen LogP contribution >= 0.6 is 0 Å². The van der Waals surface area contributed by atoms with Gasteiger partial charge >= 0.3 is 0 Å². The van der Waals surface area contributed by atoms with E-state index in [4.69, 9.17) is 5.73 Å². The van der Waals surface area contributed by atoms with Crippen LogP contribution in [0.15, 0.2) is 30.9 Å². The Labute approximate surface area is 124 Å². The zero-order valence-electron chi connectivity index (χ0n) is 12.3. The van der Waals surface area contributed by atoms with Gasteiger partial charge in [0.2, 0.25) is 0 Å². The summed E-state index contributed by atoms with van der Waals surface area (Å²) < 4.78 is 0. The Kier molecular flexibility index (Phi) is 6.84. The van der Waals surface area contributed by atoms with Crippen LogP contribution in [-0.2, 0) is 0 Å². The molecular formula is C15H23N3O3. The number of nitrogens with zero attached hydrogens (tertiary/aromatic N) is 1. The highest BCUT2D eigenvalue weighted by Gasteiger charge is 2.14. The van der Waals surface area contributed by atoms with Crippen LogP contribution in [0.1, 0.15) is 24.8 Å². The topological polar surface area (TPSA) is 101 Å². The number of nitrogens with one attached hydrogen (secondary N) is 1. The monoisotopic (exact) mass is 293 g/mol. The molecule has 2 atom stereocenters. The third-order valence-electron chi connectivity index (χ3n) is 3.28. The first-order chi connectivity index (χ1) is 9.95. The Morgan fingerprint density at radius 2 is 2.29 bits per heavy atom. The van der Waals surface area contributed by atoms with Crippen molar-refractivity contribution >= 4 is 11.4 Å². The molecule has 1 rings (SSSR count). The number of nitro groups is 1. The fourth-order valence-electron chi connectivity index (χ4n) is 2.05. The van der Waals surface area contributed by atoms with E-state index in [1.165, 1.54) is 6.07 Å². The second-order valence-corrected chi connectivity index (χ2v) is 5.10. The summed E-state index contributed by atoms with van der Waals surface area (Å²) in [7, 11) is 0. The first kappa shape index (κ1) is 17.1. The Hall–Kier alpha value is -1.92. The van der Waals surface area contributed by atoms with E-state index in [1.807, 2.05) is 6.92 Å². The van der Waals surface area contributed by atoms with Crippen molar-refractivity contribution in [3.8, 4) is 0 Å². The van der Waals surface area contributed by atoms with Crippen LogP contribution < -0.4 is 11.1 Å². The number of hydrogen-bond donors (Lipinski definition) is 3. The summed E-state index contributed by atoms with van der Waals surface area (Å²) >= 11 is 0. The number of rotatable bonds is 9. The first-order valence-corrected chi connectivity index (χ1v) is 6.99. The number of aliphatic hydroxyl groups is 1. The van der Waals surface area contributed by atoms with Gasteiger partial charge in [-0.3, -0.25) is 10.1 Å². The molecule has 1 aromatic carbocycles. The van der Waals surface area contributed by atoms with Crippen molar-refractivity contribution in [1.82, 2.24) is 0 Å². The molecule has 6 heteroatoms. The largest absolute Gasteiger partial charge is 0.391 e. The van der Waals surface area contributed by atoms with Gasteiger partial charge in [-0.15, -0.1) is 6.58 Å². The highest BCUT2D eigenvalue weighted by atomic mass is 16.6. The highest BCUT2D eigenvalue weighted by Crippen LogP contribution is 2.25. The fourth-order valence-corrected chi connectivity index (χ4v) is 2.05. The summed E-state index contributed by atoms with van der Waals surface area (Å²) in [4.78, 5) is 10.5. The van der Waals surface area contributed by atoms with Gasteiger partial charge in [-0.05, 0) is 37.8 Å². The molecule has 1 aromatic rings. The quantitative estimate of drug-likeness (QED) is 0.281. The molecule has 0 radical (unpaired) electrons. The van der Waals surface area contributed by atoms with Gasteiger partial charge in [-0.25, -0.2) is 0 Å². The van der Waals surface area contributed by atoms with Gasteiger partial charge in [-0.1, -0.05) is 12.1 Å². The minimum absolute atomic E-state index is 0.0663. The van der Waals surface area contributed by atoms with E-state index < -0.39 is 11.0 Å². The van der Waals surface area contributed by atoms with E-state index in [1.54, 1.807) is 18.2 Å². The van der Waals surface area contributed by atoms with E-state index in [-0.39, 0.29) is 11.7 Å². The average molecular weight is 293 g/mol. The summed E-state index contributed by atoms with van der Waals surface area (Å²) in [5.74, 6) is 0. The normalized spacial score (nSPS) is 13.5. The molecule has 0 saturated carbocycles. The number of nitro benzene ring substituents is 1. The van der Waals surface area contributed by atoms with Gasteiger partial charge < -0.3 is 16.2 Å². The van der Waals surface area contributed by atoms with E-state index in [0.29, 0.717) is 25.1 Å². The second kappa shape index (κ2) is 8.39. The third-order valence-corrected chi connectivity index (χ3v) is 3.28. The summed E-state index contributed by atoms with van der Waals surface area (Å²) in [5, 5.41) is 23.7. The van der Waals surface area contributed by atoms with Crippen LogP contribution in [0.4, 0.5) is 11.4 Å². The summed E-state index contributed by atoms with van der Waals surface area (Å²) in [6.07, 6.45) is 2.88. The van der Waals surface area contributed by atoms with E-state index in [2.05, 4.69) is 11.9 Å². The van der Waals surface area contributed by atoms with Crippen LogP contribution in [-0.4, -0.2) is 28.7 Å².